The van der Waals surface area contributed by atoms with E-state index in [1.165, 1.54) is 18.3 Å². The van der Waals surface area contributed by atoms with Crippen LogP contribution < -0.4 is 9.47 Å². The van der Waals surface area contributed by atoms with Crippen molar-refractivity contribution in [2.75, 3.05) is 0 Å². The summed E-state index contributed by atoms with van der Waals surface area (Å²) < 4.78 is 45.1. The molecular formula is C13H11F3N2O3. The molecule has 1 aromatic heterocycles. The van der Waals surface area contributed by atoms with E-state index in [9.17, 15) is 13.2 Å². The number of aromatic nitrogens is 2. The van der Waals surface area contributed by atoms with Crippen LogP contribution in [0.25, 0.3) is 0 Å². The molecule has 5 nitrogen and oxygen atoms in total. The van der Waals surface area contributed by atoms with Crippen LogP contribution in [0.3, 0.4) is 0 Å². The lowest BCUT2D eigenvalue weighted by Gasteiger charge is -2.09. The number of aliphatic hydroxyl groups excluding tert-OH is 1. The van der Waals surface area contributed by atoms with Crippen LogP contribution in [0.5, 0.6) is 17.5 Å². The van der Waals surface area contributed by atoms with Crippen molar-refractivity contribution in [3.05, 3.63) is 41.7 Å². The van der Waals surface area contributed by atoms with Crippen LogP contribution in [0, 0.1) is 6.92 Å². The van der Waals surface area contributed by atoms with Gasteiger partial charge in [-0.25, -0.2) is 4.98 Å². The Hall–Kier alpha value is -2.35. The average Bonchev–Trinajstić information content (AvgIpc) is 2.40. The van der Waals surface area contributed by atoms with Gasteiger partial charge in [0.05, 0.1) is 12.3 Å². The van der Waals surface area contributed by atoms with Crippen LogP contribution in [-0.4, -0.2) is 21.4 Å². The molecule has 0 saturated heterocycles. The summed E-state index contributed by atoms with van der Waals surface area (Å²) in [5.74, 6) is -0.0803. The van der Waals surface area contributed by atoms with E-state index in [0.29, 0.717) is 11.3 Å². The third-order valence-electron chi connectivity index (χ3n) is 2.50. The number of hydrogen-bond acceptors (Lipinski definition) is 5. The fourth-order valence-corrected chi connectivity index (χ4v) is 1.49. The molecule has 0 fully saturated rings. The van der Waals surface area contributed by atoms with E-state index in [4.69, 9.17) is 9.84 Å². The molecule has 1 aromatic carbocycles. The zero-order valence-corrected chi connectivity index (χ0v) is 10.9. The van der Waals surface area contributed by atoms with E-state index in [-0.39, 0.29) is 24.1 Å². The molecule has 0 aliphatic heterocycles. The van der Waals surface area contributed by atoms with Gasteiger partial charge in [0, 0.05) is 11.8 Å². The predicted octanol–water partition coefficient (Wildman–Crippen LogP) is 2.97. The zero-order chi connectivity index (χ0) is 15.5. The Morgan fingerprint density at radius 2 is 1.76 bits per heavy atom. The number of ether oxygens (including phenoxy) is 2. The van der Waals surface area contributed by atoms with Crippen LogP contribution in [0.4, 0.5) is 13.2 Å². The zero-order valence-electron chi connectivity index (χ0n) is 10.9. The smallest absolute Gasteiger partial charge is 0.424 e. The molecule has 0 radical (unpaired) electrons. The highest BCUT2D eigenvalue weighted by atomic mass is 19.4. The molecule has 112 valence electrons. The Labute approximate surface area is 118 Å². The largest absolute Gasteiger partial charge is 0.573 e. The molecule has 0 saturated carbocycles. The summed E-state index contributed by atoms with van der Waals surface area (Å²) in [6.07, 6.45) is -3.32. The first-order valence-electron chi connectivity index (χ1n) is 5.84. The third-order valence-corrected chi connectivity index (χ3v) is 2.50. The minimum absolute atomic E-state index is 0.0363. The van der Waals surface area contributed by atoms with Gasteiger partial charge in [-0.3, -0.25) is 0 Å². The first-order chi connectivity index (χ1) is 9.87. The van der Waals surface area contributed by atoms with E-state index in [2.05, 4.69) is 14.7 Å². The van der Waals surface area contributed by atoms with Gasteiger partial charge in [-0.15, -0.1) is 13.2 Å². The standard InChI is InChI=1S/C13H11F3N2O3/c1-8-9(7-19)6-17-12(18-8)20-10-2-4-11(5-3-10)21-13(14,15)16/h2-6,19H,7H2,1H3. The van der Waals surface area contributed by atoms with Gasteiger partial charge in [0.15, 0.2) is 0 Å². The Balaban J connectivity index is 2.08. The molecule has 0 atom stereocenters. The number of aryl methyl sites for hydroxylation is 1. The Morgan fingerprint density at radius 3 is 2.29 bits per heavy atom. The lowest BCUT2D eigenvalue weighted by Crippen LogP contribution is -2.16. The van der Waals surface area contributed by atoms with E-state index >= 15 is 0 Å². The topological polar surface area (TPSA) is 64.5 Å². The number of rotatable bonds is 4. The summed E-state index contributed by atoms with van der Waals surface area (Å²) in [4.78, 5) is 7.90. The first kappa shape index (κ1) is 15.0. The van der Waals surface area contributed by atoms with Gasteiger partial charge < -0.3 is 14.6 Å². The minimum Gasteiger partial charge on any atom is -0.424 e. The second-order valence-corrected chi connectivity index (χ2v) is 4.04. The molecular weight excluding hydrogens is 289 g/mol. The van der Waals surface area contributed by atoms with Crippen LogP contribution >= 0.6 is 0 Å². The van der Waals surface area contributed by atoms with Gasteiger partial charge in [0.1, 0.15) is 11.5 Å². The molecule has 21 heavy (non-hydrogen) atoms. The number of benzene rings is 1. The molecule has 0 amide bonds. The van der Waals surface area contributed by atoms with E-state index < -0.39 is 6.36 Å². The molecule has 1 heterocycles. The summed E-state index contributed by atoms with van der Waals surface area (Å²) in [7, 11) is 0. The highest BCUT2D eigenvalue weighted by molar-refractivity contribution is 5.33. The van der Waals surface area contributed by atoms with Crippen LogP contribution in [0.1, 0.15) is 11.3 Å². The third kappa shape index (κ3) is 4.32. The lowest BCUT2D eigenvalue weighted by molar-refractivity contribution is -0.274. The summed E-state index contributed by atoms with van der Waals surface area (Å²) in [5, 5.41) is 9.00. The number of aliphatic hydroxyl groups is 1. The van der Waals surface area contributed by atoms with Crippen molar-refractivity contribution in [1.82, 2.24) is 9.97 Å². The molecule has 0 aliphatic rings. The molecule has 1 N–H and O–H groups in total. The summed E-state index contributed by atoms with van der Waals surface area (Å²) in [6, 6.07) is 4.89. The van der Waals surface area contributed by atoms with Gasteiger partial charge in [-0.05, 0) is 31.2 Å². The van der Waals surface area contributed by atoms with E-state index in [0.717, 1.165) is 12.1 Å². The maximum atomic E-state index is 12.0. The monoisotopic (exact) mass is 300 g/mol. The van der Waals surface area contributed by atoms with Crippen molar-refractivity contribution >= 4 is 0 Å². The summed E-state index contributed by atoms with van der Waals surface area (Å²) in [6.45, 7) is 1.50. The second kappa shape index (κ2) is 5.96. The van der Waals surface area contributed by atoms with E-state index in [1.54, 1.807) is 6.92 Å². The average molecular weight is 300 g/mol. The van der Waals surface area contributed by atoms with Crippen molar-refractivity contribution in [3.63, 3.8) is 0 Å². The first-order valence-corrected chi connectivity index (χ1v) is 5.84. The summed E-state index contributed by atoms with van der Waals surface area (Å²) in [5.41, 5.74) is 1.12. The Kier molecular flexibility index (Phi) is 4.27. The Bertz CT molecular complexity index is 615. The second-order valence-electron chi connectivity index (χ2n) is 4.04. The van der Waals surface area contributed by atoms with Crippen molar-refractivity contribution < 1.29 is 27.8 Å². The SMILES string of the molecule is Cc1nc(Oc2ccc(OC(F)(F)F)cc2)ncc1CO. The van der Waals surface area contributed by atoms with E-state index in [1.807, 2.05) is 0 Å². The number of halogens is 3. The lowest BCUT2D eigenvalue weighted by atomic mass is 10.3. The minimum atomic E-state index is -4.73. The quantitative estimate of drug-likeness (QED) is 0.940. The molecule has 2 rings (SSSR count). The molecule has 0 spiro atoms. The fraction of sp³-hybridized carbons (Fsp3) is 0.231. The molecule has 8 heteroatoms. The van der Waals surface area contributed by atoms with Gasteiger partial charge >= 0.3 is 12.4 Å². The van der Waals surface area contributed by atoms with Gasteiger partial charge in [0.25, 0.3) is 0 Å². The highest BCUT2D eigenvalue weighted by Gasteiger charge is 2.30. The normalized spacial score (nSPS) is 11.3. The van der Waals surface area contributed by atoms with Gasteiger partial charge in [-0.1, -0.05) is 0 Å². The van der Waals surface area contributed by atoms with Crippen molar-refractivity contribution in [2.24, 2.45) is 0 Å². The van der Waals surface area contributed by atoms with Gasteiger partial charge in [-0.2, -0.15) is 4.98 Å². The molecule has 2 aromatic rings. The van der Waals surface area contributed by atoms with Crippen LogP contribution in [0.2, 0.25) is 0 Å². The van der Waals surface area contributed by atoms with Gasteiger partial charge in [0.2, 0.25) is 0 Å². The number of alkyl halides is 3. The number of nitrogens with zero attached hydrogens (tertiary/aromatic N) is 2. The maximum Gasteiger partial charge on any atom is 0.573 e. The summed E-state index contributed by atoms with van der Waals surface area (Å²) >= 11 is 0. The molecule has 0 unspecified atom stereocenters. The fourth-order valence-electron chi connectivity index (χ4n) is 1.49. The maximum absolute atomic E-state index is 12.0. The predicted molar refractivity (Wildman–Crippen MR) is 65.9 cm³/mol. The molecule has 0 bridgehead atoms. The molecule has 0 aliphatic carbocycles. The van der Waals surface area contributed by atoms with Crippen molar-refractivity contribution in [3.8, 4) is 17.5 Å². The highest BCUT2D eigenvalue weighted by Crippen LogP contribution is 2.26. The van der Waals surface area contributed by atoms with Crippen LogP contribution in [0.15, 0.2) is 30.5 Å². The number of hydrogen-bond donors (Lipinski definition) is 1. The van der Waals surface area contributed by atoms with Crippen molar-refractivity contribution in [2.45, 2.75) is 19.9 Å². The Morgan fingerprint density at radius 1 is 1.14 bits per heavy atom. The van der Waals surface area contributed by atoms with Crippen molar-refractivity contribution in [1.29, 1.82) is 0 Å². The van der Waals surface area contributed by atoms with Crippen LogP contribution in [-0.2, 0) is 6.61 Å².